The molecule has 0 aliphatic rings. The third-order valence-electron chi connectivity index (χ3n) is 3.01. The lowest BCUT2D eigenvalue weighted by atomic mass is 10.0. The second kappa shape index (κ2) is 6.44. The molecule has 0 radical (unpaired) electrons. The Hall–Kier alpha value is -2.95. The number of nitro benzene ring substituents is 2. The van der Waals surface area contributed by atoms with E-state index in [9.17, 15) is 25.0 Å². The van der Waals surface area contributed by atoms with Crippen LogP contribution in [0.25, 0.3) is 0 Å². The number of rotatable bonds is 5. The molecule has 0 aliphatic carbocycles. The number of benzene rings is 1. The van der Waals surface area contributed by atoms with E-state index in [1.165, 1.54) is 6.92 Å². The van der Waals surface area contributed by atoms with Crippen LogP contribution in [0.3, 0.4) is 0 Å². The molecule has 0 saturated carbocycles. The molecule has 11 heteroatoms. The zero-order chi connectivity index (χ0) is 17.1. The first kappa shape index (κ1) is 16.4. The Balaban J connectivity index is 2.42. The van der Waals surface area contributed by atoms with E-state index in [4.69, 9.17) is 0 Å². The van der Waals surface area contributed by atoms with Gasteiger partial charge in [-0.2, -0.15) is 0 Å². The highest BCUT2D eigenvalue weighted by molar-refractivity contribution is 7.15. The van der Waals surface area contributed by atoms with Crippen molar-refractivity contribution in [2.24, 2.45) is 0 Å². The molecule has 23 heavy (non-hydrogen) atoms. The van der Waals surface area contributed by atoms with Gasteiger partial charge in [0.15, 0.2) is 0 Å². The van der Waals surface area contributed by atoms with Gasteiger partial charge in [0.05, 0.1) is 21.5 Å². The first-order valence-electron chi connectivity index (χ1n) is 6.40. The van der Waals surface area contributed by atoms with E-state index in [0.29, 0.717) is 11.4 Å². The predicted molar refractivity (Wildman–Crippen MR) is 81.7 cm³/mol. The van der Waals surface area contributed by atoms with Crippen molar-refractivity contribution in [1.82, 2.24) is 10.2 Å². The van der Waals surface area contributed by atoms with Crippen LogP contribution in [0.5, 0.6) is 0 Å². The number of carbonyl (C=O) groups excluding carboxylic acids is 1. The summed E-state index contributed by atoms with van der Waals surface area (Å²) in [6.45, 7) is 3.23. The highest BCUT2D eigenvalue weighted by Gasteiger charge is 2.25. The Morgan fingerprint density at radius 1 is 1.26 bits per heavy atom. The van der Waals surface area contributed by atoms with Crippen molar-refractivity contribution in [3.63, 3.8) is 0 Å². The van der Waals surface area contributed by atoms with Crippen molar-refractivity contribution in [3.8, 4) is 0 Å². The lowest BCUT2D eigenvalue weighted by Gasteiger charge is -2.06. The van der Waals surface area contributed by atoms with Gasteiger partial charge in [-0.3, -0.25) is 30.3 Å². The molecule has 0 saturated heterocycles. The van der Waals surface area contributed by atoms with E-state index in [1.807, 2.05) is 6.92 Å². The number of non-ortho nitro benzene ring substituents is 1. The molecule has 0 aliphatic heterocycles. The van der Waals surface area contributed by atoms with Crippen molar-refractivity contribution in [1.29, 1.82) is 0 Å². The fourth-order valence-electron chi connectivity index (χ4n) is 1.83. The number of nitrogens with zero attached hydrogens (tertiary/aromatic N) is 4. The number of aryl methyl sites for hydroxylation is 1. The second-order valence-electron chi connectivity index (χ2n) is 4.46. The quantitative estimate of drug-likeness (QED) is 0.652. The third-order valence-corrected chi connectivity index (χ3v) is 3.99. The van der Waals surface area contributed by atoms with Crippen LogP contribution in [-0.4, -0.2) is 26.0 Å². The fraction of sp³-hybridized carbons (Fsp3) is 0.250. The zero-order valence-corrected chi connectivity index (χ0v) is 12.9. The second-order valence-corrected chi connectivity index (χ2v) is 5.52. The SMILES string of the molecule is CCc1nnc(NC(=O)c2cc([N+](=O)[O-])cc([N+](=O)[O-])c2C)s1. The van der Waals surface area contributed by atoms with E-state index < -0.39 is 27.1 Å². The zero-order valence-electron chi connectivity index (χ0n) is 12.1. The van der Waals surface area contributed by atoms with Gasteiger partial charge in [-0.25, -0.2) is 0 Å². The van der Waals surface area contributed by atoms with Crippen LogP contribution in [0.2, 0.25) is 0 Å². The summed E-state index contributed by atoms with van der Waals surface area (Å²) in [7, 11) is 0. The van der Waals surface area contributed by atoms with E-state index in [-0.39, 0.29) is 16.3 Å². The molecule has 2 rings (SSSR count). The van der Waals surface area contributed by atoms with Gasteiger partial charge in [0.1, 0.15) is 5.01 Å². The van der Waals surface area contributed by atoms with Crippen molar-refractivity contribution in [2.45, 2.75) is 20.3 Å². The van der Waals surface area contributed by atoms with Gasteiger partial charge in [0.25, 0.3) is 17.3 Å². The first-order chi connectivity index (χ1) is 10.8. The van der Waals surface area contributed by atoms with E-state index in [1.54, 1.807) is 0 Å². The molecule has 1 amide bonds. The fourth-order valence-corrected chi connectivity index (χ4v) is 2.50. The summed E-state index contributed by atoms with van der Waals surface area (Å²) in [6.07, 6.45) is 0.648. The minimum atomic E-state index is -0.788. The summed E-state index contributed by atoms with van der Waals surface area (Å²) >= 11 is 1.16. The summed E-state index contributed by atoms with van der Waals surface area (Å²) in [5.41, 5.74) is -1.13. The molecule has 2 aromatic rings. The molecule has 1 aromatic heterocycles. The molecule has 120 valence electrons. The minimum Gasteiger partial charge on any atom is -0.296 e. The normalized spacial score (nSPS) is 10.3. The number of aromatic nitrogens is 2. The lowest BCUT2D eigenvalue weighted by Crippen LogP contribution is -2.14. The number of nitrogens with one attached hydrogen (secondary N) is 1. The molecule has 0 fully saturated rings. The highest BCUT2D eigenvalue weighted by atomic mass is 32.1. The Kier molecular flexibility index (Phi) is 4.60. The molecule has 0 bridgehead atoms. The lowest BCUT2D eigenvalue weighted by molar-refractivity contribution is -0.394. The summed E-state index contributed by atoms with van der Waals surface area (Å²) in [6, 6.07) is 1.83. The van der Waals surface area contributed by atoms with Gasteiger partial charge in [-0.1, -0.05) is 18.3 Å². The van der Waals surface area contributed by atoms with Crippen LogP contribution in [-0.2, 0) is 6.42 Å². The Bertz CT molecular complexity index is 803. The van der Waals surface area contributed by atoms with E-state index in [2.05, 4.69) is 15.5 Å². The highest BCUT2D eigenvalue weighted by Crippen LogP contribution is 2.28. The number of anilines is 1. The van der Waals surface area contributed by atoms with Gasteiger partial charge < -0.3 is 0 Å². The summed E-state index contributed by atoms with van der Waals surface area (Å²) in [4.78, 5) is 32.6. The standard InChI is InChI=1S/C12H11N5O5S/c1-3-10-14-15-12(23-10)13-11(18)8-4-7(16(19)20)5-9(6(8)2)17(21)22/h4-5H,3H2,1-2H3,(H,13,15,18). The molecule has 10 nitrogen and oxygen atoms in total. The van der Waals surface area contributed by atoms with Crippen LogP contribution >= 0.6 is 11.3 Å². The van der Waals surface area contributed by atoms with Gasteiger partial charge in [-0.05, 0) is 13.3 Å². The molecule has 0 spiro atoms. The Morgan fingerprint density at radius 3 is 2.48 bits per heavy atom. The smallest absolute Gasteiger partial charge is 0.279 e. The van der Waals surface area contributed by atoms with Crippen molar-refractivity contribution < 1.29 is 14.6 Å². The van der Waals surface area contributed by atoms with Gasteiger partial charge in [0.2, 0.25) is 5.13 Å². The van der Waals surface area contributed by atoms with Crippen LogP contribution in [0.4, 0.5) is 16.5 Å². The van der Waals surface area contributed by atoms with E-state index >= 15 is 0 Å². The van der Waals surface area contributed by atoms with Gasteiger partial charge in [-0.15, -0.1) is 10.2 Å². The minimum absolute atomic E-state index is 0.0401. The van der Waals surface area contributed by atoms with E-state index in [0.717, 1.165) is 23.5 Å². The molecule has 1 aromatic carbocycles. The molecule has 0 atom stereocenters. The van der Waals surface area contributed by atoms with Crippen LogP contribution in [0, 0.1) is 27.2 Å². The topological polar surface area (TPSA) is 141 Å². The maximum atomic E-state index is 12.3. The summed E-state index contributed by atoms with van der Waals surface area (Å²) < 4.78 is 0. The summed E-state index contributed by atoms with van der Waals surface area (Å²) in [5, 5.41) is 32.9. The van der Waals surface area contributed by atoms with Crippen molar-refractivity contribution >= 4 is 33.8 Å². The van der Waals surface area contributed by atoms with Gasteiger partial charge in [0, 0.05) is 11.6 Å². The average molecular weight is 337 g/mol. The van der Waals surface area contributed by atoms with Crippen LogP contribution in [0.1, 0.15) is 27.9 Å². The number of carbonyl (C=O) groups is 1. The van der Waals surface area contributed by atoms with Crippen molar-refractivity contribution in [2.75, 3.05) is 5.32 Å². The molecule has 1 N–H and O–H groups in total. The number of hydrogen-bond donors (Lipinski definition) is 1. The maximum Gasteiger partial charge on any atom is 0.279 e. The molecule has 0 unspecified atom stereocenters. The molecule has 1 heterocycles. The summed E-state index contributed by atoms with van der Waals surface area (Å²) in [5.74, 6) is -0.715. The van der Waals surface area contributed by atoms with Crippen molar-refractivity contribution in [3.05, 3.63) is 48.5 Å². The number of amides is 1. The van der Waals surface area contributed by atoms with Gasteiger partial charge >= 0.3 is 0 Å². The first-order valence-corrected chi connectivity index (χ1v) is 7.22. The van der Waals surface area contributed by atoms with Crippen LogP contribution < -0.4 is 5.32 Å². The number of nitro groups is 2. The number of hydrogen-bond acceptors (Lipinski definition) is 8. The molecular weight excluding hydrogens is 326 g/mol. The Labute approximate surface area is 133 Å². The maximum absolute atomic E-state index is 12.3. The Morgan fingerprint density at radius 2 is 1.96 bits per heavy atom. The molecular formula is C12H11N5O5S. The van der Waals surface area contributed by atoms with Crippen LogP contribution in [0.15, 0.2) is 12.1 Å². The average Bonchev–Trinajstić information content (AvgIpc) is 2.94. The predicted octanol–water partition coefficient (Wildman–Crippen LogP) is 2.48. The third kappa shape index (κ3) is 3.45. The largest absolute Gasteiger partial charge is 0.296 e. The monoisotopic (exact) mass is 337 g/mol.